The Balaban J connectivity index is 1.81. The van der Waals surface area contributed by atoms with Crippen LogP contribution >= 0.6 is 23.2 Å². The lowest BCUT2D eigenvalue weighted by Gasteiger charge is -2.28. The van der Waals surface area contributed by atoms with E-state index in [1.807, 2.05) is 32.0 Å². The van der Waals surface area contributed by atoms with Gasteiger partial charge in [-0.05, 0) is 24.1 Å². The molecule has 2 aromatic rings. The normalized spacial score (nSPS) is 15.0. The van der Waals surface area contributed by atoms with Crippen LogP contribution in [-0.4, -0.2) is 21.4 Å². The highest BCUT2D eigenvalue weighted by Crippen LogP contribution is 2.24. The maximum atomic E-state index is 12.2. The van der Waals surface area contributed by atoms with Crippen molar-refractivity contribution in [2.75, 3.05) is 6.54 Å². The molecular formula is C17H19Cl2N3O. The molecule has 6 heteroatoms. The Morgan fingerprint density at radius 2 is 2.09 bits per heavy atom. The summed E-state index contributed by atoms with van der Waals surface area (Å²) in [6.07, 6.45) is 0.720. The molecule has 0 unspecified atom stereocenters. The largest absolute Gasteiger partial charge is 0.310 e. The molecule has 0 saturated heterocycles. The van der Waals surface area contributed by atoms with Gasteiger partial charge < -0.3 is 4.98 Å². The van der Waals surface area contributed by atoms with Crippen LogP contribution in [0.15, 0.2) is 23.0 Å². The maximum absolute atomic E-state index is 12.2. The van der Waals surface area contributed by atoms with Crippen molar-refractivity contribution in [3.05, 3.63) is 61.2 Å². The van der Waals surface area contributed by atoms with Gasteiger partial charge in [0.2, 0.25) is 0 Å². The molecule has 0 aliphatic carbocycles. The van der Waals surface area contributed by atoms with Crippen molar-refractivity contribution in [1.29, 1.82) is 0 Å². The number of hydrogen-bond donors (Lipinski definition) is 1. The van der Waals surface area contributed by atoms with Crippen LogP contribution < -0.4 is 5.56 Å². The van der Waals surface area contributed by atoms with Gasteiger partial charge in [0.1, 0.15) is 5.82 Å². The molecule has 0 atom stereocenters. The fraction of sp³-hybridized carbons (Fsp3) is 0.412. The summed E-state index contributed by atoms with van der Waals surface area (Å²) < 4.78 is 0. The number of nitrogens with zero attached hydrogens (tertiary/aromatic N) is 2. The van der Waals surface area contributed by atoms with Gasteiger partial charge >= 0.3 is 0 Å². The molecule has 0 radical (unpaired) electrons. The fourth-order valence-electron chi connectivity index (χ4n) is 2.82. The van der Waals surface area contributed by atoms with Gasteiger partial charge in [-0.2, -0.15) is 0 Å². The van der Waals surface area contributed by atoms with E-state index in [0.717, 1.165) is 42.2 Å². The lowest BCUT2D eigenvalue weighted by atomic mass is 10.0. The first kappa shape index (κ1) is 16.5. The van der Waals surface area contributed by atoms with Crippen molar-refractivity contribution in [2.45, 2.75) is 39.3 Å². The molecule has 0 saturated carbocycles. The Bertz CT molecular complexity index is 786. The van der Waals surface area contributed by atoms with E-state index in [0.29, 0.717) is 16.6 Å². The summed E-state index contributed by atoms with van der Waals surface area (Å²) in [6.45, 7) is 6.34. The molecule has 0 bridgehead atoms. The summed E-state index contributed by atoms with van der Waals surface area (Å²) in [5.41, 5.74) is 2.83. The van der Waals surface area contributed by atoms with Gasteiger partial charge in [-0.25, -0.2) is 4.98 Å². The Morgan fingerprint density at radius 3 is 2.78 bits per heavy atom. The smallest absolute Gasteiger partial charge is 0.254 e. The number of benzene rings is 1. The first-order chi connectivity index (χ1) is 10.9. The number of nitrogens with one attached hydrogen (secondary N) is 1. The Hall–Kier alpha value is -1.36. The zero-order chi connectivity index (χ0) is 16.6. The lowest BCUT2D eigenvalue weighted by molar-refractivity contribution is 0.240. The van der Waals surface area contributed by atoms with Gasteiger partial charge in [-0.1, -0.05) is 43.1 Å². The summed E-state index contributed by atoms with van der Waals surface area (Å²) >= 11 is 12.0. The van der Waals surface area contributed by atoms with Gasteiger partial charge in [-0.15, -0.1) is 0 Å². The van der Waals surface area contributed by atoms with E-state index in [2.05, 4.69) is 14.9 Å². The number of rotatable bonds is 3. The third kappa shape index (κ3) is 3.60. The molecule has 1 aromatic carbocycles. The Labute approximate surface area is 145 Å². The minimum Gasteiger partial charge on any atom is -0.310 e. The predicted molar refractivity (Wildman–Crippen MR) is 93.2 cm³/mol. The molecule has 23 heavy (non-hydrogen) atoms. The van der Waals surface area contributed by atoms with Gasteiger partial charge in [-0.3, -0.25) is 9.69 Å². The molecular weight excluding hydrogens is 333 g/mol. The molecule has 1 aliphatic rings. The van der Waals surface area contributed by atoms with Crippen molar-refractivity contribution < 1.29 is 0 Å². The number of hydrogen-bond acceptors (Lipinski definition) is 3. The second kappa shape index (κ2) is 6.63. The number of fused-ring (bicyclic) bond motifs is 1. The van der Waals surface area contributed by atoms with Gasteiger partial charge in [0, 0.05) is 31.1 Å². The zero-order valence-electron chi connectivity index (χ0n) is 13.2. The van der Waals surface area contributed by atoms with Crippen molar-refractivity contribution in [3.8, 4) is 0 Å². The van der Waals surface area contributed by atoms with Crippen LogP contribution in [0.4, 0.5) is 0 Å². The zero-order valence-corrected chi connectivity index (χ0v) is 14.7. The monoisotopic (exact) mass is 351 g/mol. The van der Waals surface area contributed by atoms with Crippen LogP contribution in [-0.2, 0) is 19.5 Å². The molecule has 1 aromatic heterocycles. The van der Waals surface area contributed by atoms with Crippen molar-refractivity contribution >= 4 is 23.2 Å². The highest BCUT2D eigenvalue weighted by molar-refractivity contribution is 6.42. The molecule has 0 amide bonds. The predicted octanol–water partition coefficient (Wildman–Crippen LogP) is 3.76. The average Bonchev–Trinajstić information content (AvgIpc) is 2.50. The van der Waals surface area contributed by atoms with E-state index >= 15 is 0 Å². The third-order valence-electron chi connectivity index (χ3n) is 4.11. The highest BCUT2D eigenvalue weighted by Gasteiger charge is 2.21. The van der Waals surface area contributed by atoms with E-state index in [4.69, 9.17) is 23.2 Å². The van der Waals surface area contributed by atoms with Gasteiger partial charge in [0.15, 0.2) is 0 Å². The molecule has 122 valence electrons. The number of H-pyrrole nitrogens is 1. The third-order valence-corrected chi connectivity index (χ3v) is 4.85. The highest BCUT2D eigenvalue weighted by atomic mass is 35.5. The first-order valence-corrected chi connectivity index (χ1v) is 8.48. The summed E-state index contributed by atoms with van der Waals surface area (Å²) in [5, 5.41) is 1.13. The summed E-state index contributed by atoms with van der Waals surface area (Å²) in [7, 11) is 0. The van der Waals surface area contributed by atoms with E-state index < -0.39 is 0 Å². The first-order valence-electron chi connectivity index (χ1n) is 7.72. The molecule has 2 heterocycles. The molecule has 3 rings (SSSR count). The number of aromatic nitrogens is 2. The molecule has 0 fully saturated rings. The van der Waals surface area contributed by atoms with E-state index in [1.165, 1.54) is 0 Å². The van der Waals surface area contributed by atoms with Crippen LogP contribution in [0.3, 0.4) is 0 Å². The lowest BCUT2D eigenvalue weighted by Crippen LogP contribution is -2.35. The van der Waals surface area contributed by atoms with Crippen molar-refractivity contribution in [1.82, 2.24) is 14.9 Å². The van der Waals surface area contributed by atoms with Crippen molar-refractivity contribution in [2.24, 2.45) is 0 Å². The van der Waals surface area contributed by atoms with Crippen LogP contribution in [0.1, 0.15) is 42.4 Å². The van der Waals surface area contributed by atoms with E-state index in [1.54, 1.807) is 0 Å². The number of halogens is 2. The summed E-state index contributed by atoms with van der Waals surface area (Å²) in [5.74, 6) is 0.962. The molecule has 0 spiro atoms. The summed E-state index contributed by atoms with van der Waals surface area (Å²) in [6, 6.07) is 5.69. The fourth-order valence-corrected chi connectivity index (χ4v) is 3.14. The van der Waals surface area contributed by atoms with Crippen LogP contribution in [0.25, 0.3) is 0 Å². The van der Waals surface area contributed by atoms with E-state index in [-0.39, 0.29) is 11.5 Å². The topological polar surface area (TPSA) is 49.0 Å². The molecule has 1 aliphatic heterocycles. The molecule has 1 N–H and O–H groups in total. The Morgan fingerprint density at radius 1 is 1.30 bits per heavy atom. The van der Waals surface area contributed by atoms with Crippen LogP contribution in [0.5, 0.6) is 0 Å². The Kier molecular flexibility index (Phi) is 4.76. The SMILES string of the molecule is CC(C)c1nc2c(c(=O)[nH]1)CCN(Cc1ccc(Cl)c(Cl)c1)C2. The number of aromatic amines is 1. The maximum Gasteiger partial charge on any atom is 0.254 e. The summed E-state index contributed by atoms with van der Waals surface area (Å²) in [4.78, 5) is 22.0. The van der Waals surface area contributed by atoms with E-state index in [9.17, 15) is 4.79 Å². The van der Waals surface area contributed by atoms with Crippen LogP contribution in [0.2, 0.25) is 10.0 Å². The second-order valence-corrected chi connectivity index (χ2v) is 7.05. The van der Waals surface area contributed by atoms with Gasteiger partial charge in [0.25, 0.3) is 5.56 Å². The average molecular weight is 352 g/mol. The minimum absolute atomic E-state index is 0.00730. The second-order valence-electron chi connectivity index (χ2n) is 6.24. The van der Waals surface area contributed by atoms with Gasteiger partial charge in [0.05, 0.1) is 15.7 Å². The van der Waals surface area contributed by atoms with Crippen molar-refractivity contribution in [3.63, 3.8) is 0 Å². The minimum atomic E-state index is 0.00730. The quantitative estimate of drug-likeness (QED) is 0.915. The van der Waals surface area contributed by atoms with Crippen LogP contribution in [0, 0.1) is 0 Å². The standard InChI is InChI=1S/C17H19Cl2N3O/c1-10(2)16-20-15-9-22(6-5-12(15)17(23)21-16)8-11-3-4-13(18)14(19)7-11/h3-4,7,10H,5-6,8-9H2,1-2H3,(H,20,21,23). The molecule has 4 nitrogen and oxygen atoms in total.